The average Bonchev–Trinajstić information content (AvgIpc) is 2.94. The van der Waals surface area contributed by atoms with E-state index in [4.69, 9.17) is 20.6 Å². The first-order valence-electron chi connectivity index (χ1n) is 14.9. The molecule has 2 heterocycles. The Hall–Kier alpha value is -3.01. The summed E-state index contributed by atoms with van der Waals surface area (Å²) in [5, 5.41) is -0.422. The van der Waals surface area contributed by atoms with Gasteiger partial charge in [-0.25, -0.2) is 21.6 Å². The van der Waals surface area contributed by atoms with E-state index in [1.807, 2.05) is 13.8 Å². The van der Waals surface area contributed by atoms with Crippen molar-refractivity contribution >= 4 is 30.6 Å². The van der Waals surface area contributed by atoms with Crippen molar-refractivity contribution in [2.45, 2.75) is 99.4 Å². The molecule has 0 saturated heterocycles. The number of ether oxygens (including phenoxy) is 1. The van der Waals surface area contributed by atoms with Crippen LogP contribution in [0.3, 0.4) is 0 Å². The molecule has 2 aromatic heterocycles. The number of unbranched alkanes of at least 4 members (excludes halogenated alkanes) is 5. The van der Waals surface area contributed by atoms with E-state index >= 15 is 0 Å². The highest BCUT2D eigenvalue weighted by Gasteiger charge is 2.48. The Bertz CT molecular complexity index is 1780. The molecule has 46 heavy (non-hydrogen) atoms. The van der Waals surface area contributed by atoms with Gasteiger partial charge in [-0.3, -0.25) is 4.98 Å². The maximum atomic E-state index is 13.2. The molecule has 0 spiro atoms. The summed E-state index contributed by atoms with van der Waals surface area (Å²) in [4.78, 5) is 15.0. The summed E-state index contributed by atoms with van der Waals surface area (Å²) < 4.78 is 99.7. The first-order chi connectivity index (χ1) is 21.2. The topological polar surface area (TPSA) is 173 Å². The van der Waals surface area contributed by atoms with E-state index in [1.54, 1.807) is 26.0 Å². The largest absolute Gasteiger partial charge is 0.501 e. The van der Waals surface area contributed by atoms with Gasteiger partial charge >= 0.3 is 11.1 Å². The molecule has 10 nitrogen and oxygen atoms in total. The molecular weight excluding hydrogens is 647 g/mol. The number of halogens is 3. The quantitative estimate of drug-likeness (QED) is 0.183. The standard InChI is InChI=1S/C31H42F3N3O7S2/c1-29(2,36)18-27(35)30(3,4)45(39,40)15-10-8-6-5-7-9-14-43-22-13-11-12-21(16-22)23-17-24-25(44-28(23)38)19-37-20-26(24)46(41,42)31(32,33)34/h11-13,16-17,19-20,27H,5-10,14-15,18,35-36H2,1-4H3. The minimum absolute atomic E-state index is 0.0596. The van der Waals surface area contributed by atoms with Crippen molar-refractivity contribution in [3.63, 3.8) is 0 Å². The number of benzene rings is 1. The zero-order valence-corrected chi connectivity index (χ0v) is 28.0. The third-order valence-electron chi connectivity index (χ3n) is 7.88. The molecule has 15 heteroatoms. The molecule has 0 bridgehead atoms. The third-order valence-corrected chi connectivity index (χ3v) is 12.1. The fourth-order valence-corrected chi connectivity index (χ4v) is 7.46. The number of sulfone groups is 2. The van der Waals surface area contributed by atoms with Gasteiger partial charge in [-0.2, -0.15) is 13.2 Å². The highest BCUT2D eigenvalue weighted by molar-refractivity contribution is 7.93. The molecular formula is C31H42F3N3O7S2. The molecule has 0 saturated carbocycles. The van der Waals surface area contributed by atoms with Crippen LogP contribution in [-0.2, 0) is 19.7 Å². The number of nitrogens with zero attached hydrogens (tertiary/aromatic N) is 1. The lowest BCUT2D eigenvalue weighted by Crippen LogP contribution is -2.54. The second-order valence-electron chi connectivity index (χ2n) is 12.7. The number of aromatic nitrogens is 1. The van der Waals surface area contributed by atoms with Gasteiger partial charge in [-0.15, -0.1) is 0 Å². The van der Waals surface area contributed by atoms with Crippen molar-refractivity contribution in [1.29, 1.82) is 0 Å². The van der Waals surface area contributed by atoms with E-state index < -0.39 is 63.0 Å². The van der Waals surface area contributed by atoms with Crippen LogP contribution in [0.15, 0.2) is 56.8 Å². The number of pyridine rings is 1. The van der Waals surface area contributed by atoms with E-state index in [-0.39, 0.29) is 16.9 Å². The first kappa shape index (κ1) is 37.4. The van der Waals surface area contributed by atoms with Crippen molar-refractivity contribution in [3.05, 3.63) is 53.1 Å². The molecule has 0 fully saturated rings. The summed E-state index contributed by atoms with van der Waals surface area (Å²) in [5.41, 5.74) is 4.97. The predicted molar refractivity (Wildman–Crippen MR) is 171 cm³/mol. The summed E-state index contributed by atoms with van der Waals surface area (Å²) in [6.07, 6.45) is 6.51. The molecule has 0 radical (unpaired) electrons. The number of hydrogen-bond acceptors (Lipinski definition) is 10. The molecule has 3 rings (SSSR count). The van der Waals surface area contributed by atoms with Crippen LogP contribution >= 0.6 is 0 Å². The molecule has 3 aromatic rings. The van der Waals surface area contributed by atoms with E-state index in [0.717, 1.165) is 37.9 Å². The van der Waals surface area contributed by atoms with Gasteiger partial charge in [-0.1, -0.05) is 37.8 Å². The normalized spacial score (nSPS) is 14.0. The van der Waals surface area contributed by atoms with Gasteiger partial charge < -0.3 is 20.6 Å². The Kier molecular flexibility index (Phi) is 11.7. The SMILES string of the molecule is CC(C)(N)CC(N)C(C)(C)S(=O)(=O)CCCCCCCCOc1cccc(-c2cc3c(S(=O)(=O)C(F)(F)F)cncc3oc2=O)c1. The van der Waals surface area contributed by atoms with Gasteiger partial charge in [0.25, 0.3) is 9.84 Å². The Morgan fingerprint density at radius 2 is 1.57 bits per heavy atom. The molecule has 4 N–H and O–H groups in total. The van der Waals surface area contributed by atoms with Gasteiger partial charge in [0.2, 0.25) is 0 Å². The van der Waals surface area contributed by atoms with Gasteiger partial charge in [0, 0.05) is 23.2 Å². The van der Waals surface area contributed by atoms with E-state index in [2.05, 4.69) is 4.98 Å². The molecule has 1 unspecified atom stereocenters. The van der Waals surface area contributed by atoms with Gasteiger partial charge in [0.05, 0.1) is 28.9 Å². The summed E-state index contributed by atoms with van der Waals surface area (Å²) >= 11 is 0. The highest BCUT2D eigenvalue weighted by atomic mass is 32.2. The minimum Gasteiger partial charge on any atom is -0.494 e. The molecule has 0 aliphatic rings. The number of alkyl halides is 3. The van der Waals surface area contributed by atoms with Crippen LogP contribution in [-0.4, -0.2) is 56.0 Å². The van der Waals surface area contributed by atoms with Gasteiger partial charge in [0.15, 0.2) is 15.4 Å². The van der Waals surface area contributed by atoms with Gasteiger partial charge in [-0.05, 0) is 70.7 Å². The Morgan fingerprint density at radius 1 is 0.935 bits per heavy atom. The summed E-state index contributed by atoms with van der Waals surface area (Å²) in [5.74, 6) is 0.461. The lowest BCUT2D eigenvalue weighted by atomic mass is 9.90. The number of fused-ring (bicyclic) bond motifs is 1. The first-order valence-corrected chi connectivity index (χ1v) is 18.0. The van der Waals surface area contributed by atoms with Crippen LogP contribution < -0.4 is 21.8 Å². The molecule has 1 atom stereocenters. The number of hydrogen-bond donors (Lipinski definition) is 2. The van der Waals surface area contributed by atoms with Crippen LogP contribution in [0, 0.1) is 0 Å². The second kappa shape index (κ2) is 14.4. The molecule has 0 amide bonds. The lowest BCUT2D eigenvalue weighted by Gasteiger charge is -2.35. The van der Waals surface area contributed by atoms with Crippen molar-refractivity contribution in [2.24, 2.45) is 11.5 Å². The fourth-order valence-electron chi connectivity index (χ4n) is 4.91. The maximum absolute atomic E-state index is 13.2. The smallest absolute Gasteiger partial charge is 0.494 e. The lowest BCUT2D eigenvalue weighted by molar-refractivity contribution is -0.0435. The molecule has 0 aliphatic carbocycles. The molecule has 0 aliphatic heterocycles. The van der Waals surface area contributed by atoms with E-state index in [0.29, 0.717) is 37.8 Å². The summed E-state index contributed by atoms with van der Waals surface area (Å²) in [6.45, 7) is 7.31. The zero-order valence-electron chi connectivity index (χ0n) is 26.4. The minimum atomic E-state index is -5.75. The van der Waals surface area contributed by atoms with Crippen LogP contribution in [0.4, 0.5) is 13.2 Å². The van der Waals surface area contributed by atoms with E-state index in [1.165, 1.54) is 12.1 Å². The summed E-state index contributed by atoms with van der Waals surface area (Å²) in [7, 11) is -9.17. The van der Waals surface area contributed by atoms with Crippen LogP contribution in [0.5, 0.6) is 5.75 Å². The third kappa shape index (κ3) is 9.07. The van der Waals surface area contributed by atoms with Crippen LogP contribution in [0.25, 0.3) is 22.1 Å². The average molecular weight is 690 g/mol. The van der Waals surface area contributed by atoms with Crippen molar-refractivity contribution in [3.8, 4) is 16.9 Å². The Balaban J connectivity index is 1.52. The van der Waals surface area contributed by atoms with Crippen molar-refractivity contribution in [1.82, 2.24) is 4.98 Å². The van der Waals surface area contributed by atoms with Crippen LogP contribution in [0.1, 0.15) is 72.6 Å². The van der Waals surface area contributed by atoms with Crippen molar-refractivity contribution in [2.75, 3.05) is 12.4 Å². The Labute approximate surface area is 267 Å². The Morgan fingerprint density at radius 3 is 2.20 bits per heavy atom. The predicted octanol–water partition coefficient (Wildman–Crippen LogP) is 5.52. The fraction of sp³-hybridized carbons (Fsp3) is 0.548. The molecule has 1 aromatic carbocycles. The summed E-state index contributed by atoms with van der Waals surface area (Å²) in [6, 6.07) is 6.75. The number of rotatable bonds is 16. The van der Waals surface area contributed by atoms with E-state index in [9.17, 15) is 34.8 Å². The zero-order chi connectivity index (χ0) is 34.6. The maximum Gasteiger partial charge on any atom is 0.501 e. The highest BCUT2D eigenvalue weighted by Crippen LogP contribution is 2.35. The van der Waals surface area contributed by atoms with Crippen molar-refractivity contribution < 1.29 is 39.2 Å². The molecule has 256 valence electrons. The second-order valence-corrected chi connectivity index (χ2v) is 17.3. The van der Waals surface area contributed by atoms with Gasteiger partial charge in [0.1, 0.15) is 10.6 Å². The monoisotopic (exact) mass is 689 g/mol. The van der Waals surface area contributed by atoms with Crippen LogP contribution in [0.2, 0.25) is 0 Å². The number of nitrogens with two attached hydrogens (primary N) is 2.